The van der Waals surface area contributed by atoms with Crippen LogP contribution in [0, 0.1) is 0 Å². The minimum absolute atomic E-state index is 0.0944. The first-order valence-electron chi connectivity index (χ1n) is 8.01. The number of ether oxygens (including phenoxy) is 1. The molecule has 0 radical (unpaired) electrons. The van der Waals surface area contributed by atoms with Crippen LogP contribution in [0.25, 0.3) is 22.3 Å². The number of halogens is 1. The van der Waals surface area contributed by atoms with E-state index >= 15 is 0 Å². The predicted molar refractivity (Wildman–Crippen MR) is 105 cm³/mol. The number of benzene rings is 2. The first-order chi connectivity index (χ1) is 12.9. The van der Waals surface area contributed by atoms with Crippen molar-refractivity contribution in [1.82, 2.24) is 0 Å². The lowest BCUT2D eigenvalue weighted by molar-refractivity contribution is 0.275. The van der Waals surface area contributed by atoms with Crippen LogP contribution in [0.1, 0.15) is 5.56 Å². The molecule has 0 aliphatic heterocycles. The molecule has 8 heteroatoms. The number of rotatable bonds is 6. The lowest BCUT2D eigenvalue weighted by atomic mass is 10.1. The van der Waals surface area contributed by atoms with E-state index in [1.807, 2.05) is 0 Å². The fourth-order valence-corrected chi connectivity index (χ4v) is 3.95. The lowest BCUT2D eigenvalue weighted by Crippen LogP contribution is -2.07. The van der Waals surface area contributed by atoms with Gasteiger partial charge in [0.2, 0.25) is 11.2 Å². The van der Waals surface area contributed by atoms with Gasteiger partial charge in [-0.2, -0.15) is 0 Å². The van der Waals surface area contributed by atoms with Gasteiger partial charge in [-0.3, -0.25) is 9.36 Å². The van der Waals surface area contributed by atoms with Crippen molar-refractivity contribution in [2.45, 2.75) is 6.16 Å². The Balaban J connectivity index is 2.06. The summed E-state index contributed by atoms with van der Waals surface area (Å²) < 4.78 is 33.4. The highest BCUT2D eigenvalue weighted by atomic mass is 35.5. The monoisotopic (exact) mass is 408 g/mol. The zero-order valence-corrected chi connectivity index (χ0v) is 16.7. The maximum atomic E-state index is 12.7. The molecule has 0 saturated heterocycles. The maximum absolute atomic E-state index is 12.7. The van der Waals surface area contributed by atoms with Crippen LogP contribution in [0.15, 0.2) is 51.7 Å². The molecule has 2 aromatic carbocycles. The van der Waals surface area contributed by atoms with E-state index in [0.29, 0.717) is 27.3 Å². The van der Waals surface area contributed by atoms with Crippen molar-refractivity contribution in [3.8, 4) is 17.1 Å². The molecular formula is C19H18ClO6P. The second-order valence-electron chi connectivity index (χ2n) is 5.77. The zero-order valence-electron chi connectivity index (χ0n) is 15.0. The molecule has 1 aromatic heterocycles. The van der Waals surface area contributed by atoms with E-state index in [2.05, 4.69) is 0 Å². The van der Waals surface area contributed by atoms with Gasteiger partial charge >= 0.3 is 7.60 Å². The number of methoxy groups -OCH3 is 1. The van der Waals surface area contributed by atoms with E-state index in [4.69, 9.17) is 29.8 Å². The molecule has 0 saturated carbocycles. The third-order valence-corrected chi connectivity index (χ3v) is 6.26. The SMILES string of the molecule is COc1c(-c2ccc(CP(=O)(OC)OC)cc2)oc2ccc(Cl)cc2c1=O. The molecular weight excluding hydrogens is 391 g/mol. The molecule has 27 heavy (non-hydrogen) atoms. The topological polar surface area (TPSA) is 75.0 Å². The molecule has 0 fully saturated rings. The summed E-state index contributed by atoms with van der Waals surface area (Å²) in [6.45, 7) is 0. The van der Waals surface area contributed by atoms with Crippen molar-refractivity contribution < 1.29 is 22.8 Å². The largest absolute Gasteiger partial charge is 0.490 e. The predicted octanol–water partition coefficient (Wildman–Crippen LogP) is 5.11. The first-order valence-corrected chi connectivity index (χ1v) is 10.1. The summed E-state index contributed by atoms with van der Waals surface area (Å²) in [7, 11) is 0.943. The molecule has 0 aliphatic carbocycles. The Morgan fingerprint density at radius 2 is 1.70 bits per heavy atom. The summed E-state index contributed by atoms with van der Waals surface area (Å²) in [5, 5.41) is 0.788. The normalized spacial score (nSPS) is 11.7. The van der Waals surface area contributed by atoms with Crippen LogP contribution in [0.3, 0.4) is 0 Å². The molecule has 0 amide bonds. The Bertz CT molecular complexity index is 1070. The highest BCUT2D eigenvalue weighted by molar-refractivity contribution is 7.52. The van der Waals surface area contributed by atoms with Crippen molar-refractivity contribution in [2.24, 2.45) is 0 Å². The molecule has 6 nitrogen and oxygen atoms in total. The summed E-state index contributed by atoms with van der Waals surface area (Å²) in [5.41, 5.74) is 1.52. The minimum atomic E-state index is -3.16. The fourth-order valence-electron chi connectivity index (χ4n) is 2.71. The van der Waals surface area contributed by atoms with Crippen molar-refractivity contribution in [3.63, 3.8) is 0 Å². The Morgan fingerprint density at radius 1 is 1.04 bits per heavy atom. The van der Waals surface area contributed by atoms with E-state index in [1.165, 1.54) is 21.3 Å². The summed E-state index contributed by atoms with van der Waals surface area (Å²) in [4.78, 5) is 12.7. The molecule has 0 aliphatic rings. The van der Waals surface area contributed by atoms with Gasteiger partial charge < -0.3 is 18.2 Å². The van der Waals surface area contributed by atoms with Gasteiger partial charge in [0.25, 0.3) is 0 Å². The smallest absolute Gasteiger partial charge is 0.334 e. The van der Waals surface area contributed by atoms with Crippen molar-refractivity contribution in [1.29, 1.82) is 0 Å². The van der Waals surface area contributed by atoms with Gasteiger partial charge in [0, 0.05) is 24.8 Å². The summed E-state index contributed by atoms with van der Waals surface area (Å²) in [6.07, 6.45) is 0.136. The average molecular weight is 409 g/mol. The van der Waals surface area contributed by atoms with Crippen LogP contribution in [-0.2, 0) is 19.8 Å². The standard InChI is InChI=1S/C19H18ClO6P/c1-23-19-17(21)15-10-14(20)8-9-16(15)26-18(19)13-6-4-12(5-7-13)11-27(22,24-2)25-3/h4-10H,11H2,1-3H3. The van der Waals surface area contributed by atoms with Gasteiger partial charge in [0.05, 0.1) is 18.7 Å². The Hall–Kier alpha value is -2.11. The Morgan fingerprint density at radius 3 is 2.30 bits per heavy atom. The summed E-state index contributed by atoms with van der Waals surface area (Å²) in [6, 6.07) is 11.9. The van der Waals surface area contributed by atoms with Gasteiger partial charge in [-0.15, -0.1) is 0 Å². The van der Waals surface area contributed by atoms with Crippen LogP contribution >= 0.6 is 19.2 Å². The molecule has 0 unspecified atom stereocenters. The molecule has 0 N–H and O–H groups in total. The number of fused-ring (bicyclic) bond motifs is 1. The van der Waals surface area contributed by atoms with Crippen LogP contribution in [-0.4, -0.2) is 21.3 Å². The third-order valence-electron chi connectivity index (χ3n) is 4.16. The van der Waals surface area contributed by atoms with Gasteiger partial charge in [0.1, 0.15) is 5.58 Å². The highest BCUT2D eigenvalue weighted by Crippen LogP contribution is 2.49. The quantitative estimate of drug-likeness (QED) is 0.528. The fraction of sp³-hybridized carbons (Fsp3) is 0.211. The maximum Gasteiger partial charge on any atom is 0.334 e. The molecule has 3 rings (SSSR count). The van der Waals surface area contributed by atoms with Gasteiger partial charge in [-0.1, -0.05) is 35.9 Å². The van der Waals surface area contributed by atoms with Crippen molar-refractivity contribution in [3.05, 3.63) is 63.3 Å². The van der Waals surface area contributed by atoms with E-state index < -0.39 is 7.60 Å². The second kappa shape index (κ2) is 7.87. The first kappa shape index (κ1) is 19.6. The van der Waals surface area contributed by atoms with Crippen LogP contribution in [0.4, 0.5) is 0 Å². The van der Waals surface area contributed by atoms with Crippen LogP contribution < -0.4 is 10.2 Å². The molecule has 1 heterocycles. The van der Waals surface area contributed by atoms with Gasteiger partial charge in [-0.25, -0.2) is 0 Å². The van der Waals surface area contributed by atoms with Gasteiger partial charge in [-0.05, 0) is 23.8 Å². The zero-order chi connectivity index (χ0) is 19.6. The lowest BCUT2D eigenvalue weighted by Gasteiger charge is -2.14. The van der Waals surface area contributed by atoms with E-state index in [9.17, 15) is 9.36 Å². The number of hydrogen-bond acceptors (Lipinski definition) is 6. The number of hydrogen-bond donors (Lipinski definition) is 0. The Labute approximate surface area is 161 Å². The Kier molecular flexibility index (Phi) is 5.72. The van der Waals surface area contributed by atoms with E-state index in [-0.39, 0.29) is 17.3 Å². The minimum Gasteiger partial charge on any atom is -0.490 e. The van der Waals surface area contributed by atoms with Gasteiger partial charge in [0.15, 0.2) is 5.76 Å². The van der Waals surface area contributed by atoms with E-state index in [1.54, 1.807) is 42.5 Å². The van der Waals surface area contributed by atoms with Crippen molar-refractivity contribution >= 4 is 30.2 Å². The summed E-state index contributed by atoms with van der Waals surface area (Å²) >= 11 is 5.97. The molecule has 3 aromatic rings. The van der Waals surface area contributed by atoms with Crippen molar-refractivity contribution in [2.75, 3.05) is 21.3 Å². The molecule has 142 valence electrons. The van der Waals surface area contributed by atoms with Crippen LogP contribution in [0.2, 0.25) is 5.02 Å². The highest BCUT2D eigenvalue weighted by Gasteiger charge is 2.22. The summed E-state index contributed by atoms with van der Waals surface area (Å²) in [5.74, 6) is 0.405. The molecule has 0 bridgehead atoms. The molecule has 0 atom stereocenters. The second-order valence-corrected chi connectivity index (χ2v) is 8.47. The van der Waals surface area contributed by atoms with Crippen LogP contribution in [0.5, 0.6) is 5.75 Å². The third kappa shape index (κ3) is 3.94. The average Bonchev–Trinajstić information content (AvgIpc) is 2.69. The van der Waals surface area contributed by atoms with E-state index in [0.717, 1.165) is 5.56 Å². The molecule has 0 spiro atoms.